The lowest BCUT2D eigenvalue weighted by atomic mass is 10.2. The van der Waals surface area contributed by atoms with Crippen molar-refractivity contribution in [1.29, 1.82) is 0 Å². The standard InChI is InChI=1S/C15H19NO5/c1-15(2,3)21-14(18)16-12(13(17)19-4)9-5-7-11-8-6-10-20-11/h6,8,10,12H,9H2,1-4H3,(H,16,18). The van der Waals surface area contributed by atoms with Crippen LogP contribution in [0.5, 0.6) is 0 Å². The van der Waals surface area contributed by atoms with Gasteiger partial charge in [0.05, 0.1) is 13.4 Å². The van der Waals surface area contributed by atoms with Crippen LogP contribution in [0.3, 0.4) is 0 Å². The molecule has 0 spiro atoms. The van der Waals surface area contributed by atoms with Crippen molar-refractivity contribution in [2.75, 3.05) is 7.11 Å². The number of esters is 1. The molecule has 0 aliphatic heterocycles. The number of carbonyl (C=O) groups is 2. The van der Waals surface area contributed by atoms with E-state index in [0.29, 0.717) is 5.76 Å². The Bertz CT molecular complexity index is 531. The summed E-state index contributed by atoms with van der Waals surface area (Å²) in [5.41, 5.74) is -0.648. The molecule has 0 aliphatic rings. The molecule has 1 N–H and O–H groups in total. The SMILES string of the molecule is COC(=O)C(CC#Cc1ccco1)NC(=O)OC(C)(C)C. The Morgan fingerprint density at radius 3 is 2.67 bits per heavy atom. The lowest BCUT2D eigenvalue weighted by molar-refractivity contribution is -0.143. The largest absolute Gasteiger partial charge is 0.467 e. The van der Waals surface area contributed by atoms with Crippen LogP contribution in [0.2, 0.25) is 0 Å². The molecule has 1 atom stereocenters. The molecule has 1 aromatic heterocycles. The molecule has 0 saturated heterocycles. The highest BCUT2D eigenvalue weighted by molar-refractivity contribution is 5.81. The summed E-state index contributed by atoms with van der Waals surface area (Å²) >= 11 is 0. The molecule has 0 fully saturated rings. The minimum atomic E-state index is -0.896. The lowest BCUT2D eigenvalue weighted by Gasteiger charge is -2.21. The van der Waals surface area contributed by atoms with Gasteiger partial charge in [0.2, 0.25) is 0 Å². The van der Waals surface area contributed by atoms with Crippen molar-refractivity contribution >= 4 is 12.1 Å². The Morgan fingerprint density at radius 2 is 2.14 bits per heavy atom. The second-order valence-corrected chi connectivity index (χ2v) is 5.21. The molecule has 0 saturated carbocycles. The lowest BCUT2D eigenvalue weighted by Crippen LogP contribution is -2.43. The number of hydrogen-bond donors (Lipinski definition) is 1. The molecular weight excluding hydrogens is 274 g/mol. The van der Waals surface area contributed by atoms with Crippen LogP contribution in [0.25, 0.3) is 0 Å². The first-order valence-electron chi connectivity index (χ1n) is 6.41. The molecule has 0 radical (unpaired) electrons. The fourth-order valence-electron chi connectivity index (χ4n) is 1.38. The summed E-state index contributed by atoms with van der Waals surface area (Å²) in [5, 5.41) is 2.44. The van der Waals surface area contributed by atoms with E-state index in [0.717, 1.165) is 0 Å². The molecule has 1 unspecified atom stereocenters. The number of hydrogen-bond acceptors (Lipinski definition) is 5. The average Bonchev–Trinajstić information content (AvgIpc) is 2.87. The van der Waals surface area contributed by atoms with Crippen LogP contribution in [0.4, 0.5) is 4.79 Å². The first-order valence-corrected chi connectivity index (χ1v) is 6.41. The normalized spacial score (nSPS) is 11.8. The van der Waals surface area contributed by atoms with E-state index in [2.05, 4.69) is 21.9 Å². The van der Waals surface area contributed by atoms with Crippen molar-refractivity contribution < 1.29 is 23.5 Å². The van der Waals surface area contributed by atoms with Gasteiger partial charge in [-0.05, 0) is 38.8 Å². The molecule has 6 heteroatoms. The Morgan fingerprint density at radius 1 is 1.43 bits per heavy atom. The topological polar surface area (TPSA) is 77.8 Å². The Hall–Kier alpha value is -2.42. The van der Waals surface area contributed by atoms with Crippen LogP contribution in [0, 0.1) is 11.8 Å². The number of carbonyl (C=O) groups excluding carboxylic acids is 2. The van der Waals surface area contributed by atoms with Crippen LogP contribution in [0.1, 0.15) is 33.0 Å². The number of furan rings is 1. The highest BCUT2D eigenvalue weighted by atomic mass is 16.6. The smallest absolute Gasteiger partial charge is 0.408 e. The van der Waals surface area contributed by atoms with Crippen LogP contribution in [-0.4, -0.2) is 30.8 Å². The number of methoxy groups -OCH3 is 1. The van der Waals surface area contributed by atoms with Gasteiger partial charge in [-0.2, -0.15) is 0 Å². The quantitative estimate of drug-likeness (QED) is 0.682. The number of ether oxygens (including phenoxy) is 2. The molecular formula is C15H19NO5. The van der Waals surface area contributed by atoms with Crippen molar-refractivity contribution in [3.63, 3.8) is 0 Å². The maximum absolute atomic E-state index is 11.7. The van der Waals surface area contributed by atoms with Crippen LogP contribution < -0.4 is 5.32 Å². The maximum Gasteiger partial charge on any atom is 0.408 e. The van der Waals surface area contributed by atoms with E-state index < -0.39 is 23.7 Å². The molecule has 21 heavy (non-hydrogen) atoms. The molecule has 1 aromatic rings. The van der Waals surface area contributed by atoms with E-state index in [1.807, 2.05) is 0 Å². The average molecular weight is 293 g/mol. The van der Waals surface area contributed by atoms with Gasteiger partial charge in [0, 0.05) is 6.42 Å². The molecule has 0 aliphatic carbocycles. The van der Waals surface area contributed by atoms with E-state index in [1.165, 1.54) is 13.4 Å². The Kier molecular flexibility index (Phi) is 5.85. The molecule has 1 rings (SSSR count). The van der Waals surface area contributed by atoms with Gasteiger partial charge in [-0.15, -0.1) is 0 Å². The first kappa shape index (κ1) is 16.6. The second kappa shape index (κ2) is 7.39. The van der Waals surface area contributed by atoms with Crippen molar-refractivity contribution in [1.82, 2.24) is 5.32 Å². The highest BCUT2D eigenvalue weighted by Gasteiger charge is 2.24. The Labute approximate surface area is 123 Å². The van der Waals surface area contributed by atoms with Gasteiger partial charge in [-0.25, -0.2) is 9.59 Å². The Balaban J connectivity index is 2.64. The maximum atomic E-state index is 11.7. The van der Waals surface area contributed by atoms with Crippen LogP contribution in [-0.2, 0) is 14.3 Å². The van der Waals surface area contributed by atoms with Gasteiger partial charge in [0.15, 0.2) is 5.76 Å². The molecule has 0 aromatic carbocycles. The molecule has 1 heterocycles. The summed E-state index contributed by atoms with van der Waals surface area (Å²) in [6, 6.07) is 2.51. The van der Waals surface area contributed by atoms with Gasteiger partial charge in [0.25, 0.3) is 0 Å². The summed E-state index contributed by atoms with van der Waals surface area (Å²) in [4.78, 5) is 23.3. The van der Waals surface area contributed by atoms with Crippen LogP contribution >= 0.6 is 0 Å². The highest BCUT2D eigenvalue weighted by Crippen LogP contribution is 2.07. The van der Waals surface area contributed by atoms with E-state index in [4.69, 9.17) is 9.15 Å². The fourth-order valence-corrected chi connectivity index (χ4v) is 1.38. The van der Waals surface area contributed by atoms with Gasteiger partial charge >= 0.3 is 12.1 Å². The molecule has 1 amide bonds. The predicted molar refractivity (Wildman–Crippen MR) is 75.4 cm³/mol. The molecule has 6 nitrogen and oxygen atoms in total. The van der Waals surface area contributed by atoms with Crippen molar-refractivity contribution in [2.24, 2.45) is 0 Å². The summed E-state index contributed by atoms with van der Waals surface area (Å²) in [6.45, 7) is 5.20. The summed E-state index contributed by atoms with van der Waals surface area (Å²) in [6.07, 6.45) is 0.894. The summed E-state index contributed by atoms with van der Waals surface area (Å²) in [7, 11) is 1.24. The van der Waals surface area contributed by atoms with E-state index in [1.54, 1.807) is 32.9 Å². The minimum absolute atomic E-state index is 0.0899. The van der Waals surface area contributed by atoms with Crippen LogP contribution in [0.15, 0.2) is 22.8 Å². The first-order chi connectivity index (χ1) is 9.81. The van der Waals surface area contributed by atoms with Crippen molar-refractivity contribution in [2.45, 2.75) is 38.8 Å². The molecule has 114 valence electrons. The summed E-state index contributed by atoms with van der Waals surface area (Å²) < 4.78 is 14.8. The zero-order valence-corrected chi connectivity index (χ0v) is 12.6. The monoisotopic (exact) mass is 293 g/mol. The second-order valence-electron chi connectivity index (χ2n) is 5.21. The van der Waals surface area contributed by atoms with Crippen molar-refractivity contribution in [3.8, 4) is 11.8 Å². The van der Waals surface area contributed by atoms with E-state index in [-0.39, 0.29) is 6.42 Å². The minimum Gasteiger partial charge on any atom is -0.467 e. The zero-order chi connectivity index (χ0) is 15.9. The predicted octanol–water partition coefficient (Wildman–Crippen LogP) is 2.09. The van der Waals surface area contributed by atoms with Gasteiger partial charge in [-0.1, -0.05) is 5.92 Å². The van der Waals surface area contributed by atoms with Gasteiger partial charge in [-0.3, -0.25) is 0 Å². The third kappa shape index (κ3) is 6.52. The van der Waals surface area contributed by atoms with E-state index in [9.17, 15) is 9.59 Å². The number of alkyl carbamates (subject to hydrolysis) is 1. The number of rotatable bonds is 3. The van der Waals surface area contributed by atoms with Crippen molar-refractivity contribution in [3.05, 3.63) is 24.2 Å². The van der Waals surface area contributed by atoms with E-state index >= 15 is 0 Å². The third-order valence-corrected chi connectivity index (χ3v) is 2.22. The zero-order valence-electron chi connectivity index (χ0n) is 12.6. The third-order valence-electron chi connectivity index (χ3n) is 2.22. The number of nitrogens with one attached hydrogen (secondary N) is 1. The molecule has 0 bridgehead atoms. The number of amides is 1. The fraction of sp³-hybridized carbons (Fsp3) is 0.467. The summed E-state index contributed by atoms with van der Waals surface area (Å²) in [5.74, 6) is 5.39. The van der Waals surface area contributed by atoms with Gasteiger partial charge < -0.3 is 19.2 Å². The van der Waals surface area contributed by atoms with Gasteiger partial charge in [0.1, 0.15) is 11.6 Å².